The lowest BCUT2D eigenvalue weighted by Crippen LogP contribution is -2.31. The van der Waals surface area contributed by atoms with Gasteiger partial charge < -0.3 is 4.74 Å². The average molecular weight is 217 g/mol. The highest BCUT2D eigenvalue weighted by molar-refractivity contribution is 5.84. The van der Waals surface area contributed by atoms with Crippen molar-refractivity contribution in [3.63, 3.8) is 0 Å². The maximum absolute atomic E-state index is 11.5. The van der Waals surface area contributed by atoms with Gasteiger partial charge in [-0.05, 0) is 25.5 Å². The Balaban J connectivity index is 2.59. The summed E-state index contributed by atoms with van der Waals surface area (Å²) in [5.74, 6) is 2.46. The molecule has 0 aliphatic rings. The van der Waals surface area contributed by atoms with Crippen molar-refractivity contribution in [3.8, 4) is 12.3 Å². The van der Waals surface area contributed by atoms with E-state index in [0.29, 0.717) is 12.1 Å². The van der Waals surface area contributed by atoms with E-state index >= 15 is 0 Å². The number of benzene rings is 1. The number of nitrogens with one attached hydrogen (secondary N) is 1. The molecule has 1 aromatic rings. The summed E-state index contributed by atoms with van der Waals surface area (Å²) in [5.41, 5.74) is -0.165. The van der Waals surface area contributed by atoms with Gasteiger partial charge in [0, 0.05) is 5.69 Å². The lowest BCUT2D eigenvalue weighted by atomic mass is 10.1. The summed E-state index contributed by atoms with van der Waals surface area (Å²) in [7, 11) is 0. The Morgan fingerprint density at radius 3 is 2.62 bits per heavy atom. The van der Waals surface area contributed by atoms with Crippen LogP contribution in [0.25, 0.3) is 0 Å². The zero-order chi connectivity index (χ0) is 12.0. The maximum atomic E-state index is 11.5. The average Bonchev–Trinajstić information content (AvgIpc) is 2.30. The summed E-state index contributed by atoms with van der Waals surface area (Å²) in [6, 6.07) is 9.08. The molecule has 0 bridgehead atoms. The van der Waals surface area contributed by atoms with Crippen molar-refractivity contribution in [2.75, 3.05) is 5.32 Å². The number of hydrogen-bond acceptors (Lipinski definition) is 2. The molecule has 0 unspecified atom stereocenters. The van der Waals surface area contributed by atoms with E-state index in [-0.39, 0.29) is 0 Å². The second kappa shape index (κ2) is 5.22. The van der Waals surface area contributed by atoms with Gasteiger partial charge in [0.05, 0.1) is 0 Å². The Labute approximate surface area is 95.8 Å². The fraction of sp³-hybridized carbons (Fsp3) is 0.308. The Hall–Kier alpha value is -1.95. The van der Waals surface area contributed by atoms with Crippen LogP contribution in [0.4, 0.5) is 10.5 Å². The molecule has 0 saturated carbocycles. The van der Waals surface area contributed by atoms with Crippen molar-refractivity contribution < 1.29 is 9.53 Å². The van der Waals surface area contributed by atoms with Gasteiger partial charge in [-0.3, -0.25) is 5.32 Å². The number of para-hydroxylation sites is 1. The van der Waals surface area contributed by atoms with Crippen LogP contribution in [-0.4, -0.2) is 11.7 Å². The molecule has 84 valence electrons. The van der Waals surface area contributed by atoms with Crippen molar-refractivity contribution in [1.29, 1.82) is 0 Å². The molecule has 1 atom stereocenters. The van der Waals surface area contributed by atoms with Crippen molar-refractivity contribution in [3.05, 3.63) is 30.3 Å². The first-order chi connectivity index (χ1) is 7.59. The molecule has 1 amide bonds. The summed E-state index contributed by atoms with van der Waals surface area (Å²) in [5, 5.41) is 2.61. The molecule has 3 nitrogen and oxygen atoms in total. The molecule has 0 aromatic heterocycles. The Morgan fingerprint density at radius 2 is 2.12 bits per heavy atom. The minimum Gasteiger partial charge on any atom is -0.430 e. The first-order valence-corrected chi connectivity index (χ1v) is 5.12. The number of ether oxygens (including phenoxy) is 1. The summed E-state index contributed by atoms with van der Waals surface area (Å²) in [6.45, 7) is 3.58. The number of amides is 1. The smallest absolute Gasteiger partial charge is 0.413 e. The van der Waals surface area contributed by atoms with Gasteiger partial charge in [0.25, 0.3) is 0 Å². The summed E-state index contributed by atoms with van der Waals surface area (Å²) in [6.07, 6.45) is 5.35. The highest BCUT2D eigenvalue weighted by Gasteiger charge is 2.23. The fourth-order valence-electron chi connectivity index (χ4n) is 1.07. The van der Waals surface area contributed by atoms with Crippen molar-refractivity contribution in [2.45, 2.75) is 25.9 Å². The monoisotopic (exact) mass is 217 g/mol. The third-order valence-electron chi connectivity index (χ3n) is 2.32. The number of carbonyl (C=O) groups excluding carboxylic acids is 1. The Bertz CT molecular complexity index is 394. The van der Waals surface area contributed by atoms with E-state index in [2.05, 4.69) is 11.2 Å². The van der Waals surface area contributed by atoms with E-state index in [9.17, 15) is 4.79 Å². The molecule has 1 N–H and O–H groups in total. The largest absolute Gasteiger partial charge is 0.430 e. The molecule has 0 heterocycles. The molecule has 1 aromatic carbocycles. The van der Waals surface area contributed by atoms with Gasteiger partial charge in [-0.15, -0.1) is 6.42 Å². The molecule has 0 fully saturated rings. The summed E-state index contributed by atoms with van der Waals surface area (Å²) >= 11 is 0. The molecule has 16 heavy (non-hydrogen) atoms. The van der Waals surface area contributed by atoms with Crippen LogP contribution in [0, 0.1) is 12.3 Å². The van der Waals surface area contributed by atoms with Gasteiger partial charge in [0.15, 0.2) is 5.60 Å². The summed E-state index contributed by atoms with van der Waals surface area (Å²) < 4.78 is 5.15. The number of hydrogen-bond donors (Lipinski definition) is 1. The SMILES string of the molecule is C#C[C@](C)(CC)OC(=O)Nc1ccccc1. The van der Waals surface area contributed by atoms with Gasteiger partial charge in [-0.25, -0.2) is 4.79 Å². The number of rotatable bonds is 3. The van der Waals surface area contributed by atoms with Crippen molar-refractivity contribution in [2.24, 2.45) is 0 Å². The van der Waals surface area contributed by atoms with Crippen LogP contribution in [-0.2, 0) is 4.74 Å². The molecule has 0 saturated heterocycles. The quantitative estimate of drug-likeness (QED) is 0.790. The van der Waals surface area contributed by atoms with Crippen LogP contribution in [0.5, 0.6) is 0 Å². The zero-order valence-corrected chi connectivity index (χ0v) is 9.49. The van der Waals surface area contributed by atoms with Crippen molar-refractivity contribution in [1.82, 2.24) is 0 Å². The lowest BCUT2D eigenvalue weighted by Gasteiger charge is -2.22. The minimum atomic E-state index is -0.848. The van der Waals surface area contributed by atoms with E-state index in [0.717, 1.165) is 0 Å². The van der Waals surface area contributed by atoms with E-state index in [1.807, 2.05) is 25.1 Å². The highest BCUT2D eigenvalue weighted by atomic mass is 16.6. The van der Waals surface area contributed by atoms with Crippen LogP contribution < -0.4 is 5.32 Å². The lowest BCUT2D eigenvalue weighted by molar-refractivity contribution is 0.0750. The van der Waals surface area contributed by atoms with Gasteiger partial charge in [-0.1, -0.05) is 31.0 Å². The topological polar surface area (TPSA) is 38.3 Å². The van der Waals surface area contributed by atoms with E-state index < -0.39 is 11.7 Å². The van der Waals surface area contributed by atoms with Gasteiger partial charge in [-0.2, -0.15) is 0 Å². The third-order valence-corrected chi connectivity index (χ3v) is 2.32. The third kappa shape index (κ3) is 3.32. The molecular weight excluding hydrogens is 202 g/mol. The summed E-state index contributed by atoms with van der Waals surface area (Å²) in [4.78, 5) is 11.5. The predicted molar refractivity (Wildman–Crippen MR) is 64.1 cm³/mol. The second-order valence-corrected chi connectivity index (χ2v) is 3.61. The molecule has 3 heteroatoms. The van der Waals surface area contributed by atoms with Crippen LogP contribution in [0.2, 0.25) is 0 Å². The van der Waals surface area contributed by atoms with E-state index in [4.69, 9.17) is 11.2 Å². The normalized spacial score (nSPS) is 13.3. The molecule has 1 rings (SSSR count). The molecular formula is C13H15NO2. The van der Waals surface area contributed by atoms with Crippen LogP contribution >= 0.6 is 0 Å². The Morgan fingerprint density at radius 1 is 1.50 bits per heavy atom. The van der Waals surface area contributed by atoms with Crippen LogP contribution in [0.15, 0.2) is 30.3 Å². The van der Waals surface area contributed by atoms with Crippen LogP contribution in [0.1, 0.15) is 20.3 Å². The molecule has 0 aliphatic carbocycles. The van der Waals surface area contributed by atoms with E-state index in [1.54, 1.807) is 19.1 Å². The number of anilines is 1. The predicted octanol–water partition coefficient (Wildman–Crippen LogP) is 3.04. The highest BCUT2D eigenvalue weighted by Crippen LogP contribution is 2.15. The van der Waals surface area contributed by atoms with Gasteiger partial charge in [0.2, 0.25) is 0 Å². The fourth-order valence-corrected chi connectivity index (χ4v) is 1.07. The van der Waals surface area contributed by atoms with Crippen molar-refractivity contribution >= 4 is 11.8 Å². The van der Waals surface area contributed by atoms with E-state index in [1.165, 1.54) is 0 Å². The number of carbonyl (C=O) groups is 1. The first kappa shape index (κ1) is 12.1. The molecule has 0 radical (unpaired) electrons. The molecule has 0 aliphatic heterocycles. The number of terminal acetylenes is 1. The van der Waals surface area contributed by atoms with Gasteiger partial charge in [0.1, 0.15) is 0 Å². The minimum absolute atomic E-state index is 0.534. The standard InChI is InChI=1S/C13H15NO2/c1-4-13(3,5-2)16-12(15)14-11-9-7-6-8-10-11/h1,6-10H,5H2,2-3H3,(H,14,15)/t13-/m1/s1. The first-order valence-electron chi connectivity index (χ1n) is 5.12. The maximum Gasteiger partial charge on any atom is 0.413 e. The zero-order valence-electron chi connectivity index (χ0n) is 9.49. The Kier molecular flexibility index (Phi) is 3.96. The van der Waals surface area contributed by atoms with Crippen LogP contribution in [0.3, 0.4) is 0 Å². The van der Waals surface area contributed by atoms with Gasteiger partial charge >= 0.3 is 6.09 Å². The second-order valence-electron chi connectivity index (χ2n) is 3.61. The molecule has 0 spiro atoms.